The van der Waals surface area contributed by atoms with Gasteiger partial charge in [0, 0.05) is 24.5 Å². The Morgan fingerprint density at radius 3 is 2.04 bits per heavy atom. The number of urea groups is 1. The summed E-state index contributed by atoms with van der Waals surface area (Å²) >= 11 is 0. The Hall–Kier alpha value is -3.02. The molecule has 0 atom stereocenters. The smallest absolute Gasteiger partial charge is 0.412 e. The monoisotopic (exact) mass is 383 g/mol. The van der Waals surface area contributed by atoms with Crippen molar-refractivity contribution in [3.8, 4) is 0 Å². The van der Waals surface area contributed by atoms with Gasteiger partial charge in [-0.25, -0.2) is 9.59 Å². The SMILES string of the molecule is CCCN(Cc1ccccc1)C(=O)Nc1ccc(NC(=O)OC(C)(C)C)cc1. The molecule has 2 aromatic carbocycles. The molecule has 0 aliphatic carbocycles. The summed E-state index contributed by atoms with van der Waals surface area (Å²) in [5.74, 6) is 0. The lowest BCUT2D eigenvalue weighted by atomic mass is 10.2. The molecule has 3 amide bonds. The third-order valence-electron chi connectivity index (χ3n) is 3.78. The van der Waals surface area contributed by atoms with Gasteiger partial charge in [-0.15, -0.1) is 0 Å². The van der Waals surface area contributed by atoms with E-state index in [9.17, 15) is 9.59 Å². The highest BCUT2D eigenvalue weighted by Crippen LogP contribution is 2.16. The number of benzene rings is 2. The second-order valence-electron chi connectivity index (χ2n) is 7.54. The topological polar surface area (TPSA) is 70.7 Å². The van der Waals surface area contributed by atoms with Gasteiger partial charge in [-0.1, -0.05) is 37.3 Å². The van der Waals surface area contributed by atoms with Gasteiger partial charge in [0.1, 0.15) is 5.60 Å². The van der Waals surface area contributed by atoms with Gasteiger partial charge in [0.25, 0.3) is 0 Å². The predicted molar refractivity (Wildman–Crippen MR) is 112 cm³/mol. The highest BCUT2D eigenvalue weighted by Gasteiger charge is 2.16. The summed E-state index contributed by atoms with van der Waals surface area (Å²) in [4.78, 5) is 26.2. The summed E-state index contributed by atoms with van der Waals surface area (Å²) < 4.78 is 5.22. The predicted octanol–water partition coefficient (Wildman–Crippen LogP) is 5.48. The molecule has 0 aliphatic heterocycles. The van der Waals surface area contributed by atoms with Crippen LogP contribution in [0.1, 0.15) is 39.7 Å². The molecule has 0 unspecified atom stereocenters. The molecule has 2 N–H and O–H groups in total. The molecule has 28 heavy (non-hydrogen) atoms. The molecule has 0 saturated heterocycles. The van der Waals surface area contributed by atoms with Crippen LogP contribution in [-0.2, 0) is 11.3 Å². The van der Waals surface area contributed by atoms with Gasteiger partial charge in [-0.2, -0.15) is 0 Å². The van der Waals surface area contributed by atoms with Gasteiger partial charge >= 0.3 is 12.1 Å². The lowest BCUT2D eigenvalue weighted by Gasteiger charge is -2.23. The number of anilines is 2. The van der Waals surface area contributed by atoms with Crippen molar-refractivity contribution in [2.24, 2.45) is 0 Å². The molecule has 0 aromatic heterocycles. The molecule has 0 bridgehead atoms. The maximum absolute atomic E-state index is 12.7. The van der Waals surface area contributed by atoms with Crippen LogP contribution in [0, 0.1) is 0 Å². The van der Waals surface area contributed by atoms with Crippen LogP contribution in [0.4, 0.5) is 21.0 Å². The van der Waals surface area contributed by atoms with Crippen LogP contribution < -0.4 is 10.6 Å². The second-order valence-corrected chi connectivity index (χ2v) is 7.54. The van der Waals surface area contributed by atoms with Crippen LogP contribution in [0.5, 0.6) is 0 Å². The average molecular weight is 383 g/mol. The molecule has 6 heteroatoms. The van der Waals surface area contributed by atoms with Gasteiger partial charge in [-0.05, 0) is 57.0 Å². The van der Waals surface area contributed by atoms with E-state index >= 15 is 0 Å². The van der Waals surface area contributed by atoms with Crippen molar-refractivity contribution < 1.29 is 14.3 Å². The van der Waals surface area contributed by atoms with E-state index in [1.165, 1.54) is 0 Å². The summed E-state index contributed by atoms with van der Waals surface area (Å²) in [6.45, 7) is 8.69. The molecule has 0 saturated carbocycles. The summed E-state index contributed by atoms with van der Waals surface area (Å²) in [6, 6.07) is 16.7. The zero-order valence-corrected chi connectivity index (χ0v) is 17.0. The standard InChI is InChI=1S/C22H29N3O3/c1-5-15-25(16-17-9-7-6-8-10-17)20(26)23-18-11-13-19(14-12-18)24-21(27)28-22(2,3)4/h6-14H,5,15-16H2,1-4H3,(H,23,26)(H,24,27). The average Bonchev–Trinajstić information content (AvgIpc) is 2.62. The first kappa shape index (κ1) is 21.3. The number of rotatable bonds is 6. The highest BCUT2D eigenvalue weighted by molar-refractivity contribution is 5.90. The minimum absolute atomic E-state index is 0.154. The van der Waals surface area contributed by atoms with Crippen molar-refractivity contribution >= 4 is 23.5 Å². The van der Waals surface area contributed by atoms with Crippen molar-refractivity contribution in [2.45, 2.75) is 46.3 Å². The molecule has 2 rings (SSSR count). The molecule has 0 spiro atoms. The van der Waals surface area contributed by atoms with E-state index in [1.54, 1.807) is 29.2 Å². The Bertz CT molecular complexity index is 768. The number of nitrogens with zero attached hydrogens (tertiary/aromatic N) is 1. The molecule has 6 nitrogen and oxygen atoms in total. The van der Waals surface area contributed by atoms with E-state index < -0.39 is 11.7 Å². The normalized spacial score (nSPS) is 10.9. The van der Waals surface area contributed by atoms with Crippen molar-refractivity contribution in [3.63, 3.8) is 0 Å². The van der Waals surface area contributed by atoms with Gasteiger partial charge in [0.15, 0.2) is 0 Å². The quantitative estimate of drug-likeness (QED) is 0.694. The molecule has 2 aromatic rings. The lowest BCUT2D eigenvalue weighted by Crippen LogP contribution is -2.35. The maximum Gasteiger partial charge on any atom is 0.412 e. The van der Waals surface area contributed by atoms with E-state index in [0.717, 1.165) is 12.0 Å². The van der Waals surface area contributed by atoms with Crippen LogP contribution in [0.25, 0.3) is 0 Å². The van der Waals surface area contributed by atoms with Crippen LogP contribution in [-0.4, -0.2) is 29.2 Å². The molecule has 0 heterocycles. The largest absolute Gasteiger partial charge is 0.444 e. The van der Waals surface area contributed by atoms with E-state index in [-0.39, 0.29) is 6.03 Å². The number of carbonyl (C=O) groups is 2. The van der Waals surface area contributed by atoms with Gasteiger partial charge < -0.3 is 15.0 Å². The summed E-state index contributed by atoms with van der Waals surface area (Å²) in [5, 5.41) is 5.58. The van der Waals surface area contributed by atoms with Gasteiger partial charge in [0.05, 0.1) is 0 Å². The second kappa shape index (κ2) is 9.78. The van der Waals surface area contributed by atoms with Crippen molar-refractivity contribution in [1.29, 1.82) is 0 Å². The molecule has 150 valence electrons. The lowest BCUT2D eigenvalue weighted by molar-refractivity contribution is 0.0636. The number of ether oxygens (including phenoxy) is 1. The Balaban J connectivity index is 1.95. The fraction of sp³-hybridized carbons (Fsp3) is 0.364. The van der Waals surface area contributed by atoms with Gasteiger partial charge in [0.2, 0.25) is 0 Å². The zero-order chi connectivity index (χ0) is 20.6. The molecule has 0 fully saturated rings. The Labute approximate surface area is 166 Å². The van der Waals surface area contributed by atoms with E-state index in [0.29, 0.717) is 24.5 Å². The minimum Gasteiger partial charge on any atom is -0.444 e. The number of hydrogen-bond donors (Lipinski definition) is 2. The fourth-order valence-corrected chi connectivity index (χ4v) is 2.59. The van der Waals surface area contributed by atoms with E-state index in [2.05, 4.69) is 10.6 Å². The maximum atomic E-state index is 12.7. The molecular formula is C22H29N3O3. The minimum atomic E-state index is -0.556. The third kappa shape index (κ3) is 7.31. The van der Waals surface area contributed by atoms with Crippen molar-refractivity contribution in [3.05, 3.63) is 60.2 Å². The van der Waals surface area contributed by atoms with Crippen LogP contribution in [0.2, 0.25) is 0 Å². The Kier molecular flexibility index (Phi) is 7.44. The van der Waals surface area contributed by atoms with E-state index in [1.807, 2.05) is 58.0 Å². The Morgan fingerprint density at radius 1 is 0.929 bits per heavy atom. The molecule has 0 aliphatic rings. The van der Waals surface area contributed by atoms with Crippen LogP contribution in [0.3, 0.4) is 0 Å². The summed E-state index contributed by atoms with van der Waals surface area (Å²) in [7, 11) is 0. The van der Waals surface area contributed by atoms with Crippen molar-refractivity contribution in [1.82, 2.24) is 4.90 Å². The number of amides is 3. The Morgan fingerprint density at radius 2 is 1.50 bits per heavy atom. The third-order valence-corrected chi connectivity index (χ3v) is 3.78. The molecule has 0 radical (unpaired) electrons. The van der Waals surface area contributed by atoms with Crippen LogP contribution >= 0.6 is 0 Å². The number of hydrogen-bond acceptors (Lipinski definition) is 3. The first-order chi connectivity index (χ1) is 13.3. The first-order valence-electron chi connectivity index (χ1n) is 9.47. The fourth-order valence-electron chi connectivity index (χ4n) is 2.59. The van der Waals surface area contributed by atoms with Crippen LogP contribution in [0.15, 0.2) is 54.6 Å². The first-order valence-corrected chi connectivity index (χ1v) is 9.47. The summed E-state index contributed by atoms with van der Waals surface area (Å²) in [6.07, 6.45) is 0.361. The van der Waals surface area contributed by atoms with Gasteiger partial charge in [-0.3, -0.25) is 5.32 Å². The highest BCUT2D eigenvalue weighted by atomic mass is 16.6. The number of carbonyl (C=O) groups excluding carboxylic acids is 2. The van der Waals surface area contributed by atoms with E-state index in [4.69, 9.17) is 4.74 Å². The van der Waals surface area contributed by atoms with Crippen molar-refractivity contribution in [2.75, 3.05) is 17.2 Å². The summed E-state index contributed by atoms with van der Waals surface area (Å²) in [5.41, 5.74) is 1.79. The number of nitrogens with one attached hydrogen (secondary N) is 2. The zero-order valence-electron chi connectivity index (χ0n) is 17.0. The molecular weight excluding hydrogens is 354 g/mol.